The summed E-state index contributed by atoms with van der Waals surface area (Å²) in [5.74, 6) is 0. The van der Waals surface area contributed by atoms with Gasteiger partial charge in [-0.25, -0.2) is 4.98 Å². The molecule has 6 heteroatoms. The summed E-state index contributed by atoms with van der Waals surface area (Å²) in [6.45, 7) is 2.02. The quantitative estimate of drug-likeness (QED) is 0.537. The van der Waals surface area contributed by atoms with Crippen molar-refractivity contribution in [3.8, 4) is 0 Å². The van der Waals surface area contributed by atoms with Crippen LogP contribution in [0.2, 0.25) is 0 Å². The Morgan fingerprint density at radius 1 is 1.21 bits per heavy atom. The number of nitrogens with zero attached hydrogens (tertiary/aromatic N) is 3. The highest BCUT2D eigenvalue weighted by atomic mass is 79.9. The van der Waals surface area contributed by atoms with E-state index in [0.29, 0.717) is 11.0 Å². The summed E-state index contributed by atoms with van der Waals surface area (Å²) in [4.78, 5) is 20.2. The third-order valence-corrected chi connectivity index (χ3v) is 4.37. The molecule has 0 atom stereocenters. The monoisotopic (exact) mass is 380 g/mol. The van der Waals surface area contributed by atoms with Crippen LogP contribution < -0.4 is 5.56 Å². The van der Waals surface area contributed by atoms with Crippen molar-refractivity contribution in [2.24, 2.45) is 5.10 Å². The third kappa shape index (κ3) is 2.55. The predicted molar refractivity (Wildman–Crippen MR) is 99.7 cm³/mol. The van der Waals surface area contributed by atoms with E-state index in [1.807, 2.05) is 49.4 Å². The minimum atomic E-state index is -0.220. The lowest BCUT2D eigenvalue weighted by atomic mass is 10.2. The van der Waals surface area contributed by atoms with E-state index in [1.54, 1.807) is 6.21 Å². The molecule has 5 nitrogen and oxygen atoms in total. The van der Waals surface area contributed by atoms with E-state index in [2.05, 4.69) is 31.0 Å². The second-order valence-corrected chi connectivity index (χ2v) is 6.50. The summed E-state index contributed by atoms with van der Waals surface area (Å²) >= 11 is 3.39. The van der Waals surface area contributed by atoms with Gasteiger partial charge in [0.05, 0.1) is 6.21 Å². The molecule has 0 saturated heterocycles. The molecule has 4 aromatic rings. The number of nitrogens with one attached hydrogen (secondary N) is 1. The molecular formula is C18H13BrN4O. The van der Waals surface area contributed by atoms with Crippen LogP contribution in [-0.4, -0.2) is 20.9 Å². The maximum Gasteiger partial charge on any atom is 0.298 e. The van der Waals surface area contributed by atoms with E-state index >= 15 is 0 Å². The van der Waals surface area contributed by atoms with Crippen LogP contribution in [0.4, 0.5) is 0 Å². The standard InChI is InChI=1S/C18H13BrN4O/c1-11-2-7-15-14(8-11)16-17(22-15)18(24)23(10-20-16)21-9-12-3-5-13(19)6-4-12/h2-10,22H,1H3. The number of aryl methyl sites for hydroxylation is 1. The number of rotatable bonds is 2. The van der Waals surface area contributed by atoms with Gasteiger partial charge in [0.15, 0.2) is 0 Å². The zero-order chi connectivity index (χ0) is 16.7. The van der Waals surface area contributed by atoms with Gasteiger partial charge < -0.3 is 4.98 Å². The van der Waals surface area contributed by atoms with E-state index in [9.17, 15) is 4.79 Å². The average molecular weight is 381 g/mol. The molecule has 0 saturated carbocycles. The normalized spacial score (nSPS) is 11.8. The topological polar surface area (TPSA) is 63.0 Å². The summed E-state index contributed by atoms with van der Waals surface area (Å²) in [6, 6.07) is 13.7. The van der Waals surface area contributed by atoms with Crippen molar-refractivity contribution in [3.63, 3.8) is 0 Å². The largest absolute Gasteiger partial charge is 0.349 e. The fourth-order valence-electron chi connectivity index (χ4n) is 2.62. The molecule has 1 N–H and O–H groups in total. The van der Waals surface area contributed by atoms with Crippen LogP contribution in [0.3, 0.4) is 0 Å². The van der Waals surface area contributed by atoms with E-state index in [-0.39, 0.29) is 5.56 Å². The second kappa shape index (κ2) is 5.72. The molecule has 4 rings (SSSR count). The minimum Gasteiger partial charge on any atom is -0.349 e. The van der Waals surface area contributed by atoms with Crippen LogP contribution >= 0.6 is 15.9 Å². The summed E-state index contributed by atoms with van der Waals surface area (Å²) in [5, 5.41) is 5.18. The molecule has 2 heterocycles. The first-order valence-electron chi connectivity index (χ1n) is 7.41. The highest BCUT2D eigenvalue weighted by Gasteiger charge is 2.10. The van der Waals surface area contributed by atoms with E-state index in [1.165, 1.54) is 11.0 Å². The lowest BCUT2D eigenvalue weighted by molar-refractivity contribution is 0.815. The Labute approximate surface area is 145 Å². The zero-order valence-corrected chi connectivity index (χ0v) is 14.4. The molecule has 0 unspecified atom stereocenters. The van der Waals surface area contributed by atoms with Crippen molar-refractivity contribution in [2.45, 2.75) is 6.92 Å². The van der Waals surface area contributed by atoms with Crippen molar-refractivity contribution < 1.29 is 0 Å². The first-order valence-corrected chi connectivity index (χ1v) is 8.21. The summed E-state index contributed by atoms with van der Waals surface area (Å²) in [6.07, 6.45) is 3.09. The highest BCUT2D eigenvalue weighted by Crippen LogP contribution is 2.22. The summed E-state index contributed by atoms with van der Waals surface area (Å²) < 4.78 is 2.24. The van der Waals surface area contributed by atoms with E-state index in [0.717, 1.165) is 26.5 Å². The second-order valence-electron chi connectivity index (χ2n) is 5.59. The van der Waals surface area contributed by atoms with Gasteiger partial charge in [-0.2, -0.15) is 9.78 Å². The fraction of sp³-hybridized carbons (Fsp3) is 0.0556. The maximum absolute atomic E-state index is 12.6. The Bertz CT molecular complexity index is 1140. The van der Waals surface area contributed by atoms with Crippen molar-refractivity contribution in [2.75, 3.05) is 0 Å². The molecule has 0 aliphatic rings. The van der Waals surface area contributed by atoms with Crippen LogP contribution in [0.1, 0.15) is 11.1 Å². The Kier molecular flexibility index (Phi) is 3.54. The van der Waals surface area contributed by atoms with Crippen molar-refractivity contribution in [1.82, 2.24) is 14.6 Å². The van der Waals surface area contributed by atoms with Gasteiger partial charge in [-0.05, 0) is 36.8 Å². The number of benzene rings is 2. The number of aromatic nitrogens is 3. The smallest absolute Gasteiger partial charge is 0.298 e. The van der Waals surface area contributed by atoms with Gasteiger partial charge in [-0.3, -0.25) is 4.79 Å². The van der Waals surface area contributed by atoms with Gasteiger partial charge in [-0.1, -0.05) is 39.7 Å². The Morgan fingerprint density at radius 2 is 2.00 bits per heavy atom. The molecule has 0 fully saturated rings. The number of fused-ring (bicyclic) bond motifs is 3. The van der Waals surface area contributed by atoms with E-state index in [4.69, 9.17) is 0 Å². The molecule has 24 heavy (non-hydrogen) atoms. The molecule has 0 spiro atoms. The van der Waals surface area contributed by atoms with Gasteiger partial charge in [0.2, 0.25) is 0 Å². The predicted octanol–water partition coefficient (Wildman–Crippen LogP) is 3.83. The average Bonchev–Trinajstić information content (AvgIpc) is 2.95. The van der Waals surface area contributed by atoms with Crippen LogP contribution in [-0.2, 0) is 0 Å². The van der Waals surface area contributed by atoms with Gasteiger partial charge in [0.25, 0.3) is 5.56 Å². The van der Waals surface area contributed by atoms with Crippen molar-refractivity contribution >= 4 is 44.1 Å². The fourth-order valence-corrected chi connectivity index (χ4v) is 2.88. The number of hydrogen-bond acceptors (Lipinski definition) is 3. The van der Waals surface area contributed by atoms with Crippen molar-refractivity contribution in [3.05, 3.63) is 74.7 Å². The molecule has 2 aromatic carbocycles. The Hall–Kier alpha value is -2.73. The number of aromatic amines is 1. The molecule has 2 aromatic heterocycles. The van der Waals surface area contributed by atoms with Crippen LogP contribution in [0.25, 0.3) is 21.9 Å². The molecule has 0 aliphatic heterocycles. The third-order valence-electron chi connectivity index (χ3n) is 3.85. The molecule has 118 valence electrons. The number of halogens is 1. The molecule has 0 bridgehead atoms. The summed E-state index contributed by atoms with van der Waals surface area (Å²) in [5.41, 5.74) is 3.84. The van der Waals surface area contributed by atoms with Gasteiger partial charge in [-0.15, -0.1) is 0 Å². The van der Waals surface area contributed by atoms with Crippen LogP contribution in [0.5, 0.6) is 0 Å². The van der Waals surface area contributed by atoms with Gasteiger partial charge in [0.1, 0.15) is 17.4 Å². The first kappa shape index (κ1) is 14.8. The maximum atomic E-state index is 12.6. The number of H-pyrrole nitrogens is 1. The molecule has 0 radical (unpaired) electrons. The van der Waals surface area contributed by atoms with Crippen molar-refractivity contribution in [1.29, 1.82) is 0 Å². The van der Waals surface area contributed by atoms with Crippen LogP contribution in [0, 0.1) is 6.92 Å². The first-order chi connectivity index (χ1) is 11.6. The minimum absolute atomic E-state index is 0.220. The zero-order valence-electron chi connectivity index (χ0n) is 12.8. The summed E-state index contributed by atoms with van der Waals surface area (Å²) in [7, 11) is 0. The molecule has 0 aliphatic carbocycles. The lowest BCUT2D eigenvalue weighted by Gasteiger charge is -1.98. The van der Waals surface area contributed by atoms with Gasteiger partial charge in [0, 0.05) is 15.4 Å². The SMILES string of the molecule is Cc1ccc2[nH]c3c(=O)n(N=Cc4ccc(Br)cc4)cnc3c2c1. The van der Waals surface area contributed by atoms with Gasteiger partial charge >= 0.3 is 0 Å². The Balaban J connectivity index is 1.82. The lowest BCUT2D eigenvalue weighted by Crippen LogP contribution is -2.17. The highest BCUT2D eigenvalue weighted by molar-refractivity contribution is 9.10. The molecule has 0 amide bonds. The molecular weight excluding hydrogens is 368 g/mol. The number of hydrogen-bond donors (Lipinski definition) is 1. The van der Waals surface area contributed by atoms with Crippen LogP contribution in [0.15, 0.2) is 63.2 Å². The van der Waals surface area contributed by atoms with E-state index < -0.39 is 0 Å². The Morgan fingerprint density at radius 3 is 2.79 bits per heavy atom.